The standard InChI is InChI=1S/C17H29N3S/c1-3-15-12-19(2)9-4-10-20(15)13-17-8-7-16(21-17)11-18-14-5-6-14/h7-8,14-15,18H,3-6,9-13H2,1-2H3. The largest absolute Gasteiger partial charge is 0.309 e. The smallest absolute Gasteiger partial charge is 0.0331 e. The van der Waals surface area contributed by atoms with Gasteiger partial charge >= 0.3 is 0 Å². The zero-order valence-corrected chi connectivity index (χ0v) is 14.3. The van der Waals surface area contributed by atoms with E-state index in [9.17, 15) is 0 Å². The lowest BCUT2D eigenvalue weighted by molar-refractivity contribution is 0.177. The normalized spacial score (nSPS) is 25.1. The predicted octanol–water partition coefficient (Wildman–Crippen LogP) is 2.92. The summed E-state index contributed by atoms with van der Waals surface area (Å²) >= 11 is 2.00. The Balaban J connectivity index is 1.55. The first-order valence-electron chi connectivity index (χ1n) is 8.48. The van der Waals surface area contributed by atoms with Gasteiger partial charge in [0.2, 0.25) is 0 Å². The van der Waals surface area contributed by atoms with Crippen LogP contribution in [-0.4, -0.2) is 48.6 Å². The van der Waals surface area contributed by atoms with Crippen molar-refractivity contribution >= 4 is 11.3 Å². The Bertz CT molecular complexity index is 441. The minimum absolute atomic E-state index is 0.715. The number of likely N-dealkylation sites (N-methyl/N-ethyl adjacent to an activating group) is 1. The molecule has 1 saturated heterocycles. The third-order valence-corrected chi connectivity index (χ3v) is 5.78. The third-order valence-electron chi connectivity index (χ3n) is 4.71. The van der Waals surface area contributed by atoms with Crippen LogP contribution in [0.25, 0.3) is 0 Å². The van der Waals surface area contributed by atoms with Crippen molar-refractivity contribution in [3.63, 3.8) is 0 Å². The van der Waals surface area contributed by atoms with Gasteiger partial charge in [-0.1, -0.05) is 6.92 Å². The van der Waals surface area contributed by atoms with Crippen LogP contribution in [0.5, 0.6) is 0 Å². The molecule has 1 aliphatic heterocycles. The third kappa shape index (κ3) is 4.52. The lowest BCUT2D eigenvalue weighted by atomic mass is 10.2. The molecule has 21 heavy (non-hydrogen) atoms. The number of hydrogen-bond acceptors (Lipinski definition) is 4. The summed E-state index contributed by atoms with van der Waals surface area (Å²) in [5.41, 5.74) is 0. The molecular weight excluding hydrogens is 278 g/mol. The van der Waals surface area contributed by atoms with Gasteiger partial charge in [-0.15, -0.1) is 11.3 Å². The SMILES string of the molecule is CCC1CN(C)CCCN1Cc1ccc(CNC2CC2)s1. The molecule has 1 saturated carbocycles. The van der Waals surface area contributed by atoms with E-state index >= 15 is 0 Å². The summed E-state index contributed by atoms with van der Waals surface area (Å²) < 4.78 is 0. The number of thiophene rings is 1. The van der Waals surface area contributed by atoms with Crippen molar-refractivity contribution in [2.24, 2.45) is 0 Å². The first kappa shape index (κ1) is 15.5. The van der Waals surface area contributed by atoms with Gasteiger partial charge in [0.1, 0.15) is 0 Å². The lowest BCUT2D eigenvalue weighted by Crippen LogP contribution is -2.39. The molecule has 0 aromatic carbocycles. The number of nitrogens with zero attached hydrogens (tertiary/aromatic N) is 2. The summed E-state index contributed by atoms with van der Waals surface area (Å²) in [5, 5.41) is 3.62. The maximum absolute atomic E-state index is 3.62. The Morgan fingerprint density at radius 1 is 1.24 bits per heavy atom. The van der Waals surface area contributed by atoms with Crippen LogP contribution in [0.15, 0.2) is 12.1 Å². The molecule has 2 heterocycles. The van der Waals surface area contributed by atoms with Gasteiger partial charge in [0.05, 0.1) is 0 Å². The van der Waals surface area contributed by atoms with E-state index in [1.54, 1.807) is 0 Å². The molecule has 1 aliphatic carbocycles. The van der Waals surface area contributed by atoms with Gasteiger partial charge in [-0.3, -0.25) is 4.90 Å². The Labute approximate surface area is 133 Å². The maximum atomic E-state index is 3.62. The second-order valence-electron chi connectivity index (χ2n) is 6.67. The number of hydrogen-bond donors (Lipinski definition) is 1. The Hall–Kier alpha value is -0.420. The fraction of sp³-hybridized carbons (Fsp3) is 0.765. The minimum Gasteiger partial charge on any atom is -0.309 e. The van der Waals surface area contributed by atoms with E-state index in [4.69, 9.17) is 0 Å². The van der Waals surface area contributed by atoms with Crippen molar-refractivity contribution in [3.8, 4) is 0 Å². The fourth-order valence-electron chi connectivity index (χ4n) is 3.22. The zero-order valence-electron chi connectivity index (χ0n) is 13.5. The molecule has 3 rings (SSSR count). The van der Waals surface area contributed by atoms with Crippen molar-refractivity contribution < 1.29 is 0 Å². The highest BCUT2D eigenvalue weighted by Crippen LogP contribution is 2.24. The molecule has 4 heteroatoms. The molecule has 1 aromatic heterocycles. The Kier molecular flexibility index (Phi) is 5.33. The first-order chi connectivity index (χ1) is 10.2. The van der Waals surface area contributed by atoms with Gasteiger partial charge < -0.3 is 10.2 Å². The average Bonchev–Trinajstić information content (AvgIpc) is 3.23. The number of nitrogens with one attached hydrogen (secondary N) is 1. The van der Waals surface area contributed by atoms with Crippen LogP contribution in [-0.2, 0) is 13.1 Å². The molecule has 0 radical (unpaired) electrons. The molecule has 1 N–H and O–H groups in total. The summed E-state index contributed by atoms with van der Waals surface area (Å²) in [6.07, 6.45) is 5.30. The van der Waals surface area contributed by atoms with Crippen LogP contribution in [0.3, 0.4) is 0 Å². The van der Waals surface area contributed by atoms with Crippen LogP contribution in [0.2, 0.25) is 0 Å². The van der Waals surface area contributed by atoms with E-state index in [0.717, 1.165) is 19.1 Å². The van der Waals surface area contributed by atoms with Gasteiger partial charge in [0.25, 0.3) is 0 Å². The first-order valence-corrected chi connectivity index (χ1v) is 9.30. The highest BCUT2D eigenvalue weighted by molar-refractivity contribution is 7.11. The van der Waals surface area contributed by atoms with Crippen molar-refractivity contribution in [1.82, 2.24) is 15.1 Å². The molecule has 3 nitrogen and oxygen atoms in total. The van der Waals surface area contributed by atoms with E-state index < -0.39 is 0 Å². The van der Waals surface area contributed by atoms with Gasteiger partial charge in [0, 0.05) is 48.0 Å². The lowest BCUT2D eigenvalue weighted by Gasteiger charge is -2.29. The number of rotatable bonds is 6. The van der Waals surface area contributed by atoms with E-state index in [-0.39, 0.29) is 0 Å². The molecule has 2 fully saturated rings. The second-order valence-corrected chi connectivity index (χ2v) is 7.92. The van der Waals surface area contributed by atoms with Crippen molar-refractivity contribution in [2.75, 3.05) is 26.7 Å². The Morgan fingerprint density at radius 3 is 2.81 bits per heavy atom. The van der Waals surface area contributed by atoms with E-state index in [2.05, 4.69) is 41.2 Å². The van der Waals surface area contributed by atoms with Crippen LogP contribution >= 0.6 is 11.3 Å². The van der Waals surface area contributed by atoms with Gasteiger partial charge in [-0.25, -0.2) is 0 Å². The highest BCUT2D eigenvalue weighted by Gasteiger charge is 2.23. The minimum atomic E-state index is 0.715. The second kappa shape index (κ2) is 7.23. The molecule has 0 spiro atoms. The summed E-state index contributed by atoms with van der Waals surface area (Å²) in [6, 6.07) is 6.18. The van der Waals surface area contributed by atoms with Crippen LogP contribution < -0.4 is 5.32 Å². The predicted molar refractivity (Wildman–Crippen MR) is 90.8 cm³/mol. The van der Waals surface area contributed by atoms with Crippen molar-refractivity contribution in [2.45, 2.75) is 57.8 Å². The molecule has 0 amide bonds. The maximum Gasteiger partial charge on any atom is 0.0331 e. The summed E-state index contributed by atoms with van der Waals surface area (Å²) in [4.78, 5) is 8.23. The monoisotopic (exact) mass is 307 g/mol. The van der Waals surface area contributed by atoms with Crippen LogP contribution in [0, 0.1) is 0 Å². The molecule has 1 aromatic rings. The molecular formula is C17H29N3S. The van der Waals surface area contributed by atoms with E-state index in [0.29, 0.717) is 6.04 Å². The van der Waals surface area contributed by atoms with Gasteiger partial charge in [-0.05, 0) is 51.4 Å². The van der Waals surface area contributed by atoms with Gasteiger partial charge in [0.15, 0.2) is 0 Å². The molecule has 1 atom stereocenters. The molecule has 2 aliphatic rings. The summed E-state index contributed by atoms with van der Waals surface area (Å²) in [7, 11) is 2.26. The average molecular weight is 308 g/mol. The van der Waals surface area contributed by atoms with Crippen LogP contribution in [0.4, 0.5) is 0 Å². The molecule has 1 unspecified atom stereocenters. The highest BCUT2D eigenvalue weighted by atomic mass is 32.1. The van der Waals surface area contributed by atoms with Gasteiger partial charge in [-0.2, -0.15) is 0 Å². The summed E-state index contributed by atoms with van der Waals surface area (Å²) in [5.74, 6) is 0. The van der Waals surface area contributed by atoms with E-state index in [1.807, 2.05) is 11.3 Å². The zero-order chi connectivity index (χ0) is 14.7. The molecule has 118 valence electrons. The Morgan fingerprint density at radius 2 is 2.05 bits per heavy atom. The topological polar surface area (TPSA) is 18.5 Å². The quantitative estimate of drug-likeness (QED) is 0.872. The fourth-order valence-corrected chi connectivity index (χ4v) is 4.22. The van der Waals surface area contributed by atoms with Crippen molar-refractivity contribution in [3.05, 3.63) is 21.9 Å². The van der Waals surface area contributed by atoms with E-state index in [1.165, 1.54) is 55.1 Å². The molecule has 0 bridgehead atoms. The summed E-state index contributed by atoms with van der Waals surface area (Å²) in [6.45, 7) is 8.24. The van der Waals surface area contributed by atoms with Crippen LogP contribution in [0.1, 0.15) is 42.4 Å². The van der Waals surface area contributed by atoms with Crippen molar-refractivity contribution in [1.29, 1.82) is 0 Å².